The van der Waals surface area contributed by atoms with Crippen LogP contribution in [0.3, 0.4) is 0 Å². The van der Waals surface area contributed by atoms with Gasteiger partial charge in [-0.05, 0) is 50.3 Å². The molecule has 0 aliphatic heterocycles. The van der Waals surface area contributed by atoms with Crippen molar-refractivity contribution in [1.82, 2.24) is 9.78 Å². The van der Waals surface area contributed by atoms with E-state index in [9.17, 15) is 9.18 Å². The first-order chi connectivity index (χ1) is 13.0. The number of carbonyl (C=O) groups excluding carboxylic acids is 1. The monoisotopic (exact) mass is 388 g/mol. The Kier molecular flexibility index (Phi) is 5.76. The third-order valence-electron chi connectivity index (χ3n) is 3.89. The molecule has 0 saturated heterocycles. The van der Waals surface area contributed by atoms with Crippen LogP contribution in [0.5, 0.6) is 5.75 Å². The van der Waals surface area contributed by atoms with Crippen molar-refractivity contribution in [3.63, 3.8) is 0 Å². The van der Waals surface area contributed by atoms with E-state index in [1.165, 1.54) is 24.3 Å². The van der Waals surface area contributed by atoms with Gasteiger partial charge in [0, 0.05) is 18.8 Å². The number of hydrogen-bond acceptors (Lipinski definition) is 4. The van der Waals surface area contributed by atoms with E-state index in [1.807, 2.05) is 6.92 Å². The van der Waals surface area contributed by atoms with Gasteiger partial charge in [-0.2, -0.15) is 5.10 Å². The van der Waals surface area contributed by atoms with Crippen LogP contribution < -0.4 is 4.74 Å². The zero-order chi connectivity index (χ0) is 19.4. The van der Waals surface area contributed by atoms with Crippen LogP contribution in [0.1, 0.15) is 34.5 Å². The lowest BCUT2D eigenvalue weighted by Gasteiger charge is -2.04. The molecular formula is C20H18ClFN2O3. The summed E-state index contributed by atoms with van der Waals surface area (Å²) >= 11 is 5.72. The number of ether oxygens (including phenoxy) is 1. The third-order valence-corrected chi connectivity index (χ3v) is 4.18. The summed E-state index contributed by atoms with van der Waals surface area (Å²) in [7, 11) is 0. The van der Waals surface area contributed by atoms with E-state index in [0.717, 1.165) is 0 Å². The van der Waals surface area contributed by atoms with Gasteiger partial charge in [-0.15, -0.1) is 0 Å². The van der Waals surface area contributed by atoms with Gasteiger partial charge < -0.3 is 9.15 Å². The topological polar surface area (TPSA) is 57.3 Å². The quantitative estimate of drug-likeness (QED) is 0.418. The zero-order valence-electron chi connectivity index (χ0n) is 14.9. The van der Waals surface area contributed by atoms with Crippen LogP contribution in [0, 0.1) is 12.7 Å². The zero-order valence-corrected chi connectivity index (χ0v) is 15.7. The van der Waals surface area contributed by atoms with Crippen LogP contribution in [-0.4, -0.2) is 15.6 Å². The molecule has 2 heterocycles. The number of carbonyl (C=O) groups is 1. The fraction of sp³-hybridized carbons (Fsp3) is 0.200. The molecule has 0 radical (unpaired) electrons. The Morgan fingerprint density at radius 1 is 1.37 bits per heavy atom. The van der Waals surface area contributed by atoms with Gasteiger partial charge in [0.1, 0.15) is 29.7 Å². The van der Waals surface area contributed by atoms with Crippen LogP contribution in [0.4, 0.5) is 4.39 Å². The maximum atomic E-state index is 13.1. The van der Waals surface area contributed by atoms with E-state index >= 15 is 0 Å². The Hall–Kier alpha value is -2.86. The predicted octanol–water partition coefficient (Wildman–Crippen LogP) is 5.07. The number of nitrogens with zero attached hydrogens (tertiary/aromatic N) is 2. The van der Waals surface area contributed by atoms with Gasteiger partial charge in [0.25, 0.3) is 0 Å². The van der Waals surface area contributed by atoms with E-state index < -0.39 is 5.82 Å². The first-order valence-corrected chi connectivity index (χ1v) is 8.77. The summed E-state index contributed by atoms with van der Waals surface area (Å²) in [5, 5.41) is 4.26. The molecule has 0 amide bonds. The van der Waals surface area contributed by atoms with Crippen molar-refractivity contribution in [3.8, 4) is 5.75 Å². The van der Waals surface area contributed by atoms with E-state index in [1.54, 1.807) is 36.0 Å². The van der Waals surface area contributed by atoms with Gasteiger partial charge in [-0.1, -0.05) is 11.6 Å². The van der Waals surface area contributed by atoms with Crippen molar-refractivity contribution >= 4 is 23.5 Å². The van der Waals surface area contributed by atoms with E-state index in [-0.39, 0.29) is 17.4 Å². The van der Waals surface area contributed by atoms with Crippen LogP contribution >= 0.6 is 11.6 Å². The van der Waals surface area contributed by atoms with Gasteiger partial charge >= 0.3 is 0 Å². The summed E-state index contributed by atoms with van der Waals surface area (Å²) in [4.78, 5) is 12.3. The highest BCUT2D eigenvalue weighted by Gasteiger charge is 2.10. The summed E-state index contributed by atoms with van der Waals surface area (Å²) in [6, 6.07) is 7.61. The fourth-order valence-corrected chi connectivity index (χ4v) is 2.62. The molecule has 0 spiro atoms. The second-order valence-electron chi connectivity index (χ2n) is 5.85. The molecular weight excluding hydrogens is 371 g/mol. The standard InChI is InChI=1S/C20H18ClFN2O3/c1-3-24-11-17(13(2)23-24)20(25)9-7-14-4-5-16(27-14)12-26-15-6-8-19(22)18(21)10-15/h4-11H,3,12H2,1-2H3/b9-7+. The summed E-state index contributed by atoms with van der Waals surface area (Å²) in [6.07, 6.45) is 4.79. The van der Waals surface area contributed by atoms with E-state index in [2.05, 4.69) is 5.10 Å². The van der Waals surface area contributed by atoms with E-state index in [4.69, 9.17) is 20.8 Å². The molecule has 140 valence electrons. The predicted molar refractivity (Wildman–Crippen MR) is 100 cm³/mol. The van der Waals surface area contributed by atoms with Gasteiger partial charge in [-0.3, -0.25) is 9.48 Å². The first-order valence-electron chi connectivity index (χ1n) is 8.39. The first kappa shape index (κ1) is 18.9. The third kappa shape index (κ3) is 4.65. The Balaban J connectivity index is 1.61. The highest BCUT2D eigenvalue weighted by Crippen LogP contribution is 2.22. The second kappa shape index (κ2) is 8.22. The molecule has 5 nitrogen and oxygen atoms in total. The normalized spacial score (nSPS) is 11.3. The summed E-state index contributed by atoms with van der Waals surface area (Å²) in [6.45, 7) is 4.63. The number of aromatic nitrogens is 2. The number of rotatable bonds is 7. The van der Waals surface area contributed by atoms with Crippen molar-refractivity contribution in [3.05, 3.63) is 76.2 Å². The van der Waals surface area contributed by atoms with Gasteiger partial charge in [0.15, 0.2) is 5.78 Å². The summed E-state index contributed by atoms with van der Waals surface area (Å²) < 4.78 is 26.0. The molecule has 0 unspecified atom stereocenters. The van der Waals surface area contributed by atoms with Crippen molar-refractivity contribution < 1.29 is 18.3 Å². The average Bonchev–Trinajstić information content (AvgIpc) is 3.27. The van der Waals surface area contributed by atoms with Crippen molar-refractivity contribution in [2.45, 2.75) is 27.0 Å². The Morgan fingerprint density at radius 3 is 2.89 bits per heavy atom. The van der Waals surface area contributed by atoms with E-state index in [0.29, 0.717) is 35.1 Å². The molecule has 3 aromatic rings. The molecule has 7 heteroatoms. The number of hydrogen-bond donors (Lipinski definition) is 0. The van der Waals surface area contributed by atoms with Crippen LogP contribution in [-0.2, 0) is 13.2 Å². The number of benzene rings is 1. The van der Waals surface area contributed by atoms with Gasteiger partial charge in [-0.25, -0.2) is 4.39 Å². The lowest BCUT2D eigenvalue weighted by molar-refractivity contribution is 0.104. The van der Waals surface area contributed by atoms with Crippen LogP contribution in [0.25, 0.3) is 6.08 Å². The summed E-state index contributed by atoms with van der Waals surface area (Å²) in [5.74, 6) is 0.895. The average molecular weight is 389 g/mol. The Morgan fingerprint density at radius 2 is 2.19 bits per heavy atom. The molecule has 1 aromatic carbocycles. The molecule has 0 N–H and O–H groups in total. The molecule has 0 saturated carbocycles. The SMILES string of the molecule is CCn1cc(C(=O)/C=C/c2ccc(COc3ccc(F)c(Cl)c3)o2)c(C)n1. The highest BCUT2D eigenvalue weighted by atomic mass is 35.5. The number of furan rings is 1. The second-order valence-corrected chi connectivity index (χ2v) is 6.26. The molecule has 27 heavy (non-hydrogen) atoms. The largest absolute Gasteiger partial charge is 0.486 e. The molecule has 0 aliphatic carbocycles. The lowest BCUT2D eigenvalue weighted by atomic mass is 10.1. The minimum Gasteiger partial charge on any atom is -0.486 e. The van der Waals surface area contributed by atoms with Crippen molar-refractivity contribution in [2.24, 2.45) is 0 Å². The Labute approximate surface area is 161 Å². The lowest BCUT2D eigenvalue weighted by Crippen LogP contribution is -1.95. The minimum absolute atomic E-state index is 0.00392. The Bertz CT molecular complexity index is 991. The number of ketones is 1. The van der Waals surface area contributed by atoms with Crippen molar-refractivity contribution in [2.75, 3.05) is 0 Å². The number of allylic oxidation sites excluding steroid dienone is 1. The molecule has 3 rings (SSSR count). The fourth-order valence-electron chi connectivity index (χ4n) is 2.45. The number of aryl methyl sites for hydroxylation is 2. The molecule has 2 aromatic heterocycles. The maximum Gasteiger partial charge on any atom is 0.189 e. The van der Waals surface area contributed by atoms with Gasteiger partial charge in [0.05, 0.1) is 16.3 Å². The van der Waals surface area contributed by atoms with Crippen molar-refractivity contribution in [1.29, 1.82) is 0 Å². The molecule has 0 aliphatic rings. The number of halogens is 2. The summed E-state index contributed by atoms with van der Waals surface area (Å²) in [5.41, 5.74) is 1.26. The van der Waals surface area contributed by atoms with Crippen LogP contribution in [0.2, 0.25) is 5.02 Å². The molecule has 0 fully saturated rings. The highest BCUT2D eigenvalue weighted by molar-refractivity contribution is 6.30. The van der Waals surface area contributed by atoms with Crippen LogP contribution in [0.15, 0.2) is 47.0 Å². The molecule has 0 atom stereocenters. The maximum absolute atomic E-state index is 13.1. The molecule has 0 bridgehead atoms. The minimum atomic E-state index is -0.501. The smallest absolute Gasteiger partial charge is 0.189 e. The van der Waals surface area contributed by atoms with Gasteiger partial charge in [0.2, 0.25) is 0 Å².